The Morgan fingerprint density at radius 2 is 1.82 bits per heavy atom. The number of hydrogen-bond acceptors (Lipinski definition) is 13. The summed E-state index contributed by atoms with van der Waals surface area (Å²) in [6.07, 6.45) is 5.30. The van der Waals surface area contributed by atoms with Crippen LogP contribution in [0.3, 0.4) is 0 Å². The summed E-state index contributed by atoms with van der Waals surface area (Å²) >= 11 is 0. The molecule has 3 amide bonds. The minimum absolute atomic E-state index is 0.00689. The summed E-state index contributed by atoms with van der Waals surface area (Å²) in [6, 6.07) is 0.336. The Balaban J connectivity index is 0.910. The SMILES string of the molecule is CCC(=O)NCCOCCOCCNC(=O)CC[C@@H]1NC2(C3=CC[C@H](NCC4CNC5=C(N4)C(=O)N[C@@H](N)N5)CC3)OC1O2. The second-order valence-electron chi connectivity index (χ2n) is 11.5. The molecule has 16 nitrogen and oxygen atoms in total. The van der Waals surface area contributed by atoms with E-state index in [0.717, 1.165) is 24.8 Å². The number of rotatable bonds is 17. The average Bonchev–Trinajstić information content (AvgIpc) is 3.56. The van der Waals surface area contributed by atoms with Crippen LogP contribution in [0.2, 0.25) is 0 Å². The zero-order chi connectivity index (χ0) is 30.9. The number of nitrogens with one attached hydrogen (secondary N) is 8. The van der Waals surface area contributed by atoms with E-state index >= 15 is 0 Å². The second kappa shape index (κ2) is 15.3. The third-order valence-corrected chi connectivity index (χ3v) is 8.20. The third kappa shape index (κ3) is 8.38. The molecule has 5 aliphatic heterocycles. The average molecular weight is 622 g/mol. The molecule has 4 atom stereocenters. The first-order valence-corrected chi connectivity index (χ1v) is 15.7. The molecule has 3 saturated heterocycles. The van der Waals surface area contributed by atoms with Crippen molar-refractivity contribution in [1.82, 2.24) is 42.5 Å². The lowest BCUT2D eigenvalue weighted by atomic mass is 9.92. The lowest BCUT2D eigenvalue weighted by Gasteiger charge is -2.41. The van der Waals surface area contributed by atoms with E-state index in [-0.39, 0.29) is 36.1 Å². The highest BCUT2D eigenvalue weighted by Gasteiger charge is 2.61. The summed E-state index contributed by atoms with van der Waals surface area (Å²) in [7, 11) is 0. The number of carbonyl (C=O) groups is 3. The van der Waals surface area contributed by atoms with Gasteiger partial charge >= 0.3 is 0 Å². The summed E-state index contributed by atoms with van der Waals surface area (Å²) in [4.78, 5) is 35.7. The zero-order valence-corrected chi connectivity index (χ0v) is 25.3. The molecule has 0 radical (unpaired) electrons. The van der Waals surface area contributed by atoms with Gasteiger partial charge in [-0.05, 0) is 25.7 Å². The van der Waals surface area contributed by atoms with Gasteiger partial charge in [0.1, 0.15) is 11.5 Å². The maximum Gasteiger partial charge on any atom is 0.273 e. The Kier molecular flexibility index (Phi) is 11.3. The van der Waals surface area contributed by atoms with Gasteiger partial charge in [-0.15, -0.1) is 0 Å². The standard InChI is InChI=1S/C28H47N9O7/c1-2-21(38)30-9-11-41-13-14-42-12-10-31-22(39)8-7-20-26-43-28(37-20,44-26)17-3-5-18(6-4-17)32-15-19-16-33-24-23(34-19)25(40)36-27(29)35-24/h3,18-20,26-27,32-35,37H,2,4-16,29H2,1H3,(H,30,38)(H,31,39)(H,36,40)/t18-,19?,20-,26?,27-,28?/m0/s1. The monoisotopic (exact) mass is 621 g/mol. The number of fused-ring (bicyclic) bond motifs is 1. The van der Waals surface area contributed by atoms with Crippen LogP contribution in [0.1, 0.15) is 45.4 Å². The first-order chi connectivity index (χ1) is 21.3. The first-order valence-electron chi connectivity index (χ1n) is 15.7. The second-order valence-corrected chi connectivity index (χ2v) is 11.5. The van der Waals surface area contributed by atoms with E-state index in [1.165, 1.54) is 0 Å². The lowest BCUT2D eigenvalue weighted by molar-refractivity contribution is -0.397. The highest BCUT2D eigenvalue weighted by molar-refractivity contribution is 5.94. The van der Waals surface area contributed by atoms with Gasteiger partial charge in [0.2, 0.25) is 11.8 Å². The highest BCUT2D eigenvalue weighted by Crippen LogP contribution is 2.45. The van der Waals surface area contributed by atoms with Crippen molar-refractivity contribution in [3.8, 4) is 0 Å². The Bertz CT molecular complexity index is 1100. The Labute approximate surface area is 257 Å². The third-order valence-electron chi connectivity index (χ3n) is 8.20. The van der Waals surface area contributed by atoms with Gasteiger partial charge in [-0.2, -0.15) is 0 Å². The molecule has 16 heteroatoms. The molecule has 6 rings (SSSR count). The molecule has 3 fully saturated rings. The first kappa shape index (κ1) is 32.4. The number of amides is 3. The Morgan fingerprint density at radius 1 is 1.07 bits per heavy atom. The number of hydrogen-bond donors (Lipinski definition) is 9. The maximum absolute atomic E-state index is 12.3. The van der Waals surface area contributed by atoms with Crippen LogP contribution in [0.4, 0.5) is 0 Å². The molecule has 0 aromatic heterocycles. The molecule has 1 unspecified atom stereocenters. The van der Waals surface area contributed by atoms with Gasteiger partial charge in [0.25, 0.3) is 11.8 Å². The van der Waals surface area contributed by atoms with Crippen molar-refractivity contribution in [3.05, 3.63) is 23.2 Å². The molecule has 5 heterocycles. The van der Waals surface area contributed by atoms with E-state index in [4.69, 9.17) is 24.7 Å². The van der Waals surface area contributed by atoms with Gasteiger partial charge in [0, 0.05) is 50.6 Å². The van der Waals surface area contributed by atoms with Crippen molar-refractivity contribution in [2.24, 2.45) is 5.73 Å². The van der Waals surface area contributed by atoms with Crippen LogP contribution in [0, 0.1) is 0 Å². The fourth-order valence-electron chi connectivity index (χ4n) is 5.78. The van der Waals surface area contributed by atoms with Gasteiger partial charge in [0.05, 0.1) is 38.5 Å². The normalized spacial score (nSPS) is 30.5. The van der Waals surface area contributed by atoms with E-state index in [1.54, 1.807) is 6.92 Å². The molecule has 10 N–H and O–H groups in total. The minimum atomic E-state index is -0.867. The number of carbonyl (C=O) groups excluding carboxylic acids is 3. The Morgan fingerprint density at radius 3 is 2.52 bits per heavy atom. The predicted octanol–water partition coefficient (Wildman–Crippen LogP) is -2.80. The highest BCUT2D eigenvalue weighted by atomic mass is 16.9. The van der Waals surface area contributed by atoms with Gasteiger partial charge < -0.3 is 56.2 Å². The summed E-state index contributed by atoms with van der Waals surface area (Å²) < 4.78 is 23.0. The van der Waals surface area contributed by atoms with Crippen LogP contribution >= 0.6 is 0 Å². The molecule has 2 bridgehead atoms. The summed E-state index contributed by atoms with van der Waals surface area (Å²) in [5.74, 6) is -0.479. The molecule has 0 saturated carbocycles. The van der Waals surface area contributed by atoms with Crippen LogP contribution in [-0.4, -0.2) is 107 Å². The summed E-state index contributed by atoms with van der Waals surface area (Å²) in [5.41, 5.74) is 7.34. The van der Waals surface area contributed by atoms with Crippen LogP contribution < -0.4 is 48.3 Å². The van der Waals surface area contributed by atoms with Crippen LogP contribution in [0.5, 0.6) is 0 Å². The molecular formula is C28H47N9O7. The quantitative estimate of drug-likeness (QED) is 0.0595. The largest absolute Gasteiger partial charge is 0.377 e. The van der Waals surface area contributed by atoms with Crippen LogP contribution in [0.25, 0.3) is 0 Å². The molecular weight excluding hydrogens is 574 g/mol. The number of ether oxygens (including phenoxy) is 4. The van der Waals surface area contributed by atoms with E-state index in [0.29, 0.717) is 89.4 Å². The van der Waals surface area contributed by atoms with E-state index in [2.05, 4.69) is 48.6 Å². The molecule has 0 aromatic carbocycles. The number of nitrogens with two attached hydrogens (primary N) is 1. The molecule has 1 aliphatic carbocycles. The maximum atomic E-state index is 12.3. The van der Waals surface area contributed by atoms with Crippen molar-refractivity contribution in [2.75, 3.05) is 52.6 Å². The van der Waals surface area contributed by atoms with Crippen molar-refractivity contribution < 1.29 is 33.3 Å². The van der Waals surface area contributed by atoms with Gasteiger partial charge in [-0.3, -0.25) is 25.4 Å². The molecule has 0 spiro atoms. The lowest BCUT2D eigenvalue weighted by Crippen LogP contribution is -2.64. The molecule has 246 valence electrons. The zero-order valence-electron chi connectivity index (χ0n) is 25.3. The van der Waals surface area contributed by atoms with Gasteiger partial charge in [-0.1, -0.05) is 13.0 Å². The van der Waals surface area contributed by atoms with Crippen LogP contribution in [0.15, 0.2) is 23.2 Å². The minimum Gasteiger partial charge on any atom is -0.377 e. The van der Waals surface area contributed by atoms with E-state index < -0.39 is 12.2 Å². The summed E-state index contributed by atoms with van der Waals surface area (Å²) in [6.45, 7) is 5.82. The van der Waals surface area contributed by atoms with E-state index in [9.17, 15) is 14.4 Å². The topological polar surface area (TPSA) is 210 Å². The smallest absolute Gasteiger partial charge is 0.273 e. The molecule has 0 aromatic rings. The van der Waals surface area contributed by atoms with Crippen molar-refractivity contribution >= 4 is 17.7 Å². The van der Waals surface area contributed by atoms with Gasteiger partial charge in [-0.25, -0.2) is 0 Å². The van der Waals surface area contributed by atoms with Crippen molar-refractivity contribution in [1.29, 1.82) is 0 Å². The van der Waals surface area contributed by atoms with Crippen molar-refractivity contribution in [3.63, 3.8) is 0 Å². The molecule has 6 aliphatic rings. The van der Waals surface area contributed by atoms with Gasteiger partial charge in [0.15, 0.2) is 12.6 Å². The fourth-order valence-corrected chi connectivity index (χ4v) is 5.78. The predicted molar refractivity (Wildman–Crippen MR) is 158 cm³/mol. The summed E-state index contributed by atoms with van der Waals surface area (Å²) in [5, 5.41) is 24.9. The van der Waals surface area contributed by atoms with Crippen LogP contribution in [-0.2, 0) is 33.3 Å². The Hall–Kier alpha value is -2.99. The van der Waals surface area contributed by atoms with Crippen molar-refractivity contribution in [2.45, 2.75) is 82.1 Å². The fraction of sp³-hybridized carbons (Fsp3) is 0.750. The van der Waals surface area contributed by atoms with E-state index in [1.807, 2.05) is 0 Å². The molecule has 44 heavy (non-hydrogen) atoms.